The van der Waals surface area contributed by atoms with Crippen LogP contribution in [0.4, 0.5) is 16.2 Å². The zero-order valence-corrected chi connectivity index (χ0v) is 25.0. The van der Waals surface area contributed by atoms with Crippen LogP contribution in [0.3, 0.4) is 0 Å². The molecule has 238 valence electrons. The third kappa shape index (κ3) is 4.20. The number of primary amides is 1. The molecule has 3 aromatic carbocycles. The number of nitrogens with two attached hydrogens (primary N) is 1. The molecule has 0 aromatic heterocycles. The number of benzene rings is 3. The molecule has 3 amide bonds. The molecule has 13 heteroatoms. The lowest BCUT2D eigenvalue weighted by Gasteiger charge is -2.53. The first-order valence-electron chi connectivity index (χ1n) is 14.5. The first kappa shape index (κ1) is 30.8. The minimum Gasteiger partial charge on any atom is -0.510 e. The van der Waals surface area contributed by atoms with E-state index in [1.807, 2.05) is 30.3 Å². The molecule has 0 saturated heterocycles. The maximum Gasteiger partial charge on any atom is 0.323 e. The van der Waals surface area contributed by atoms with Crippen LogP contribution >= 0.6 is 0 Å². The van der Waals surface area contributed by atoms with Gasteiger partial charge in [0, 0.05) is 16.9 Å². The van der Waals surface area contributed by atoms with E-state index in [1.54, 1.807) is 19.1 Å². The van der Waals surface area contributed by atoms with E-state index in [-0.39, 0.29) is 16.8 Å². The molecule has 0 saturated carbocycles. The number of urea groups is 1. The fraction of sp³-hybridized carbons (Fsp3) is 0.273. The van der Waals surface area contributed by atoms with Gasteiger partial charge in [-0.1, -0.05) is 49.4 Å². The van der Waals surface area contributed by atoms with E-state index in [0.29, 0.717) is 5.69 Å². The highest BCUT2D eigenvalue weighted by atomic mass is 16.4. The molecule has 6 atom stereocenters. The van der Waals surface area contributed by atoms with Crippen LogP contribution in [-0.4, -0.2) is 85.8 Å². The smallest absolute Gasteiger partial charge is 0.323 e. The van der Waals surface area contributed by atoms with Crippen molar-refractivity contribution in [3.63, 3.8) is 0 Å². The summed E-state index contributed by atoms with van der Waals surface area (Å²) in [5.41, 5.74) is 1.13. The summed E-state index contributed by atoms with van der Waals surface area (Å²) >= 11 is 0. The van der Waals surface area contributed by atoms with Gasteiger partial charge in [-0.15, -0.1) is 0 Å². The fourth-order valence-corrected chi connectivity index (χ4v) is 7.33. The Labute approximate surface area is 262 Å². The van der Waals surface area contributed by atoms with E-state index in [4.69, 9.17) is 5.73 Å². The molecule has 0 bridgehead atoms. The Morgan fingerprint density at radius 2 is 1.59 bits per heavy atom. The molecular formula is C33H32N4O9. The summed E-state index contributed by atoms with van der Waals surface area (Å²) in [5.74, 6) is -9.99. The highest BCUT2D eigenvalue weighted by Crippen LogP contribution is 2.56. The number of likely N-dealkylation sites (N-methyl/N-ethyl adjacent to an activating group) is 1. The van der Waals surface area contributed by atoms with E-state index in [9.17, 15) is 44.7 Å². The zero-order chi connectivity index (χ0) is 33.4. The molecule has 3 aliphatic carbocycles. The van der Waals surface area contributed by atoms with Gasteiger partial charge in [0.05, 0.1) is 35.0 Å². The average molecular weight is 629 g/mol. The first-order chi connectivity index (χ1) is 21.7. The largest absolute Gasteiger partial charge is 0.510 e. The van der Waals surface area contributed by atoms with E-state index in [1.165, 1.54) is 31.1 Å². The molecule has 0 heterocycles. The van der Waals surface area contributed by atoms with Crippen molar-refractivity contribution in [2.45, 2.75) is 30.6 Å². The highest BCUT2D eigenvalue weighted by molar-refractivity contribution is 6.25. The molecule has 6 rings (SSSR count). The van der Waals surface area contributed by atoms with E-state index in [2.05, 4.69) is 10.6 Å². The molecule has 9 N–H and O–H groups in total. The van der Waals surface area contributed by atoms with Gasteiger partial charge in [0.25, 0.3) is 5.91 Å². The van der Waals surface area contributed by atoms with Gasteiger partial charge in [-0.25, -0.2) is 4.79 Å². The van der Waals surface area contributed by atoms with E-state index in [0.717, 1.165) is 10.8 Å². The molecule has 0 radical (unpaired) electrons. The zero-order valence-electron chi connectivity index (χ0n) is 25.0. The number of rotatable bonds is 4. The Morgan fingerprint density at radius 3 is 2.26 bits per heavy atom. The van der Waals surface area contributed by atoms with Gasteiger partial charge >= 0.3 is 6.03 Å². The molecular weight excluding hydrogens is 596 g/mol. The molecule has 0 fully saturated rings. The van der Waals surface area contributed by atoms with Gasteiger partial charge < -0.3 is 41.9 Å². The van der Waals surface area contributed by atoms with Gasteiger partial charge in [0.1, 0.15) is 17.1 Å². The molecule has 6 unspecified atom stereocenters. The minimum absolute atomic E-state index is 0.145. The molecule has 3 aromatic rings. The van der Waals surface area contributed by atoms with Crippen molar-refractivity contribution in [1.29, 1.82) is 0 Å². The molecule has 46 heavy (non-hydrogen) atoms. The Balaban J connectivity index is 1.42. The summed E-state index contributed by atoms with van der Waals surface area (Å²) in [4.78, 5) is 54.2. The summed E-state index contributed by atoms with van der Waals surface area (Å²) < 4.78 is 0. The second kappa shape index (κ2) is 10.7. The second-order valence-electron chi connectivity index (χ2n) is 12.1. The molecule has 13 nitrogen and oxygen atoms in total. The van der Waals surface area contributed by atoms with Gasteiger partial charge in [-0.05, 0) is 43.1 Å². The number of Topliss-reactive ketones (excluding diaryl/α,β-unsaturated/α-hetero) is 2. The third-order valence-corrected chi connectivity index (χ3v) is 9.42. The number of amides is 3. The Hall–Kier alpha value is -5.24. The quantitative estimate of drug-likeness (QED) is 0.156. The standard InChI is InChI=1S/C33H32N4O9/c1-13-15-11-12-18(36-32(45)35-17-10-6-8-14-7-4-5-9-16(14)17)25(38)20(15)26(39)21-19(13)27(40)23-24(37(2)3)28(41)22(31(34)44)30(43)33(23,46)29(21)42/h4-13,19,23-24,27,38,40-42,46H,1-3H3,(H2,34,44)(H2,35,36,45). The van der Waals surface area contributed by atoms with E-state index < -0.39 is 87.4 Å². The molecule has 3 aliphatic rings. The Morgan fingerprint density at radius 1 is 0.935 bits per heavy atom. The van der Waals surface area contributed by atoms with Crippen LogP contribution in [0.25, 0.3) is 10.8 Å². The monoisotopic (exact) mass is 628 g/mol. The minimum atomic E-state index is -3.02. The first-order valence-corrected chi connectivity index (χ1v) is 14.5. The predicted molar refractivity (Wildman–Crippen MR) is 166 cm³/mol. The van der Waals surface area contributed by atoms with Crippen molar-refractivity contribution in [3.8, 4) is 5.75 Å². The average Bonchev–Trinajstić information content (AvgIpc) is 3.00. The van der Waals surface area contributed by atoms with Crippen LogP contribution in [-0.2, 0) is 9.59 Å². The summed E-state index contributed by atoms with van der Waals surface area (Å²) in [6, 6.07) is 13.6. The number of aliphatic hydroxyl groups excluding tert-OH is 3. The van der Waals surface area contributed by atoms with Crippen molar-refractivity contribution < 1.29 is 44.7 Å². The molecule has 0 aliphatic heterocycles. The van der Waals surface area contributed by atoms with Gasteiger partial charge in [-0.3, -0.25) is 19.3 Å². The Kier molecular flexibility index (Phi) is 7.15. The number of aromatic hydroxyl groups is 1. The summed E-state index contributed by atoms with van der Waals surface area (Å²) in [7, 11) is 2.93. The fourth-order valence-electron chi connectivity index (χ4n) is 7.33. The number of hydrogen-bond acceptors (Lipinski definition) is 10. The maximum atomic E-state index is 14.1. The maximum absolute atomic E-state index is 14.1. The molecule has 0 spiro atoms. The second-order valence-corrected chi connectivity index (χ2v) is 12.1. The van der Waals surface area contributed by atoms with Gasteiger partial charge in [0.15, 0.2) is 17.1 Å². The van der Waals surface area contributed by atoms with Crippen LogP contribution in [0, 0.1) is 11.8 Å². The number of aliphatic hydroxyl groups is 4. The van der Waals surface area contributed by atoms with Crippen LogP contribution in [0.5, 0.6) is 5.75 Å². The van der Waals surface area contributed by atoms with Crippen molar-refractivity contribution in [2.75, 3.05) is 24.7 Å². The lowest BCUT2D eigenvalue weighted by Crippen LogP contribution is -2.68. The lowest BCUT2D eigenvalue weighted by molar-refractivity contribution is -0.162. The number of nitrogens with zero attached hydrogens (tertiary/aromatic N) is 1. The number of carbonyl (C=O) groups is 4. The number of hydrogen-bond donors (Lipinski definition) is 8. The summed E-state index contributed by atoms with van der Waals surface area (Å²) in [5, 5.41) is 64.2. The predicted octanol–water partition coefficient (Wildman–Crippen LogP) is 2.45. The van der Waals surface area contributed by atoms with Crippen LogP contribution in [0.1, 0.15) is 28.8 Å². The normalized spacial score (nSPS) is 27.3. The number of nitrogens with one attached hydrogen (secondary N) is 2. The number of ketones is 2. The van der Waals surface area contributed by atoms with Crippen LogP contribution in [0.15, 0.2) is 77.3 Å². The topological polar surface area (TPSA) is 223 Å². The van der Waals surface area contributed by atoms with E-state index >= 15 is 0 Å². The van der Waals surface area contributed by atoms with Crippen molar-refractivity contribution in [3.05, 3.63) is 88.4 Å². The summed E-state index contributed by atoms with van der Waals surface area (Å²) in [6.07, 6.45) is -1.71. The van der Waals surface area contributed by atoms with Crippen LogP contribution < -0.4 is 16.4 Å². The number of carbonyl (C=O) groups excluding carboxylic acids is 4. The lowest BCUT2D eigenvalue weighted by atomic mass is 9.55. The van der Waals surface area contributed by atoms with Crippen molar-refractivity contribution in [2.24, 2.45) is 17.6 Å². The summed E-state index contributed by atoms with van der Waals surface area (Å²) in [6.45, 7) is 1.62. The number of phenols is 1. The SMILES string of the molecule is CC1c2ccc(NC(=O)Nc3cccc4ccccc34)c(O)c2C(=O)C2=C(O)C3(O)C(=O)C(C(N)=O)=C(O)C(N(C)C)C3C(O)C21. The van der Waals surface area contributed by atoms with Gasteiger partial charge in [-0.2, -0.15) is 0 Å². The highest BCUT2D eigenvalue weighted by Gasteiger charge is 2.67. The number of anilines is 2. The third-order valence-electron chi connectivity index (χ3n) is 9.42. The van der Waals surface area contributed by atoms with Gasteiger partial charge in [0.2, 0.25) is 5.78 Å². The number of fused-ring (bicyclic) bond motifs is 4. The number of phenolic OH excluding ortho intramolecular Hbond substituents is 1. The Bertz CT molecular complexity index is 1930. The van der Waals surface area contributed by atoms with Crippen molar-refractivity contribution >= 4 is 45.7 Å². The van der Waals surface area contributed by atoms with Crippen LogP contribution in [0.2, 0.25) is 0 Å². The van der Waals surface area contributed by atoms with Crippen molar-refractivity contribution in [1.82, 2.24) is 4.90 Å².